The summed E-state index contributed by atoms with van der Waals surface area (Å²) >= 11 is 0. The van der Waals surface area contributed by atoms with Crippen molar-refractivity contribution in [2.24, 2.45) is 0 Å². The van der Waals surface area contributed by atoms with Crippen molar-refractivity contribution in [1.29, 1.82) is 0 Å². The third kappa shape index (κ3) is 1.74. The third-order valence-corrected chi connectivity index (χ3v) is 3.20. The van der Waals surface area contributed by atoms with Crippen molar-refractivity contribution >= 4 is 17.1 Å². The van der Waals surface area contributed by atoms with E-state index in [1.807, 2.05) is 0 Å². The normalized spacial score (nSPS) is 23.2. The number of anilines is 1. The van der Waals surface area contributed by atoms with Gasteiger partial charge >= 0.3 is 5.56 Å². The van der Waals surface area contributed by atoms with Gasteiger partial charge in [0.15, 0.2) is 11.2 Å². The molecule has 2 aromatic rings. The fraction of sp³-hybridized carbons (Fsp3) is 0.500. The second kappa shape index (κ2) is 4.21. The lowest BCUT2D eigenvalue weighted by atomic mass is 10.2. The van der Waals surface area contributed by atoms with E-state index >= 15 is 0 Å². The minimum absolute atomic E-state index is 0.0211. The maximum absolute atomic E-state index is 11.6. The van der Waals surface area contributed by atoms with Crippen LogP contribution < -0.4 is 11.3 Å². The number of nitrogens with two attached hydrogens (primary N) is 1. The summed E-state index contributed by atoms with van der Waals surface area (Å²) in [5.74, 6) is -0.309. The van der Waals surface area contributed by atoms with Crippen LogP contribution in [0, 0.1) is 0 Å². The summed E-state index contributed by atoms with van der Waals surface area (Å²) in [5, 5.41) is 18.9. The van der Waals surface area contributed by atoms with Gasteiger partial charge in [0.2, 0.25) is 5.95 Å². The molecule has 2 aromatic heterocycles. The number of hydrogen-bond donors (Lipinski definition) is 3. The highest BCUT2D eigenvalue weighted by Gasteiger charge is 2.28. The van der Waals surface area contributed by atoms with Crippen LogP contribution in [0.3, 0.4) is 0 Å². The molecule has 1 fully saturated rings. The Morgan fingerprint density at radius 3 is 3.00 bits per heavy atom. The number of rotatable bonds is 2. The molecule has 0 amide bonds. The summed E-state index contributed by atoms with van der Waals surface area (Å²) in [6.07, 6.45) is 2.08. The Balaban J connectivity index is 2.13. The van der Waals surface area contributed by atoms with Gasteiger partial charge in [-0.2, -0.15) is 4.98 Å². The summed E-state index contributed by atoms with van der Waals surface area (Å²) in [6, 6.07) is 0. The third-order valence-electron chi connectivity index (χ3n) is 3.20. The molecule has 19 heavy (non-hydrogen) atoms. The Labute approximate surface area is 106 Å². The van der Waals surface area contributed by atoms with E-state index in [0.717, 1.165) is 0 Å². The van der Waals surface area contributed by atoms with Crippen LogP contribution in [0.2, 0.25) is 0 Å². The highest BCUT2D eigenvalue weighted by atomic mass is 16.5. The molecule has 3 heterocycles. The molecule has 0 radical (unpaired) electrons. The summed E-state index contributed by atoms with van der Waals surface area (Å²) in [7, 11) is 0. The number of ether oxygens (including phenoxy) is 1. The SMILES string of the molecule is Nc1nc(=O)c2ncn([C@H]3CC[C@@H](CO)O3)c2n1O. The first-order valence-electron chi connectivity index (χ1n) is 5.82. The molecule has 9 nitrogen and oxygen atoms in total. The lowest BCUT2D eigenvalue weighted by molar-refractivity contribution is -0.0217. The number of hydrogen-bond acceptors (Lipinski definition) is 7. The van der Waals surface area contributed by atoms with Crippen molar-refractivity contribution in [3.05, 3.63) is 16.7 Å². The fourth-order valence-corrected chi connectivity index (χ4v) is 2.26. The number of aromatic nitrogens is 4. The standard InChI is InChI=1S/C10H13N5O4/c11-10-13-8(17)7-9(15(10)18)14(4-12-7)6-2-1-5(3-16)19-6/h4-6,16,18H,1-3H2,(H2,11,13,17)/t5-,6+/m0/s1. The largest absolute Gasteiger partial charge is 0.423 e. The van der Waals surface area contributed by atoms with Crippen molar-refractivity contribution in [2.45, 2.75) is 25.2 Å². The molecule has 102 valence electrons. The van der Waals surface area contributed by atoms with Gasteiger partial charge in [0, 0.05) is 0 Å². The molecule has 0 bridgehead atoms. The summed E-state index contributed by atoms with van der Waals surface area (Å²) in [6.45, 7) is -0.0707. The average molecular weight is 267 g/mol. The van der Waals surface area contributed by atoms with Crippen LogP contribution in [0.15, 0.2) is 11.1 Å². The topological polar surface area (TPSA) is 128 Å². The van der Waals surface area contributed by atoms with E-state index in [0.29, 0.717) is 17.6 Å². The van der Waals surface area contributed by atoms with E-state index in [-0.39, 0.29) is 29.8 Å². The fourth-order valence-electron chi connectivity index (χ4n) is 2.26. The van der Waals surface area contributed by atoms with Crippen LogP contribution in [0.25, 0.3) is 11.2 Å². The molecule has 0 aliphatic carbocycles. The molecule has 0 saturated carbocycles. The van der Waals surface area contributed by atoms with E-state index in [2.05, 4.69) is 9.97 Å². The minimum Gasteiger partial charge on any atom is -0.423 e. The van der Waals surface area contributed by atoms with Gasteiger partial charge in [0.05, 0.1) is 19.0 Å². The molecule has 9 heteroatoms. The van der Waals surface area contributed by atoms with Gasteiger partial charge in [0.25, 0.3) is 0 Å². The van der Waals surface area contributed by atoms with Gasteiger partial charge in [-0.25, -0.2) is 4.98 Å². The number of aliphatic hydroxyl groups is 1. The van der Waals surface area contributed by atoms with Gasteiger partial charge in [0.1, 0.15) is 6.23 Å². The van der Waals surface area contributed by atoms with Crippen LogP contribution in [0.1, 0.15) is 19.1 Å². The second-order valence-electron chi connectivity index (χ2n) is 4.38. The Morgan fingerprint density at radius 1 is 1.53 bits per heavy atom. The zero-order valence-electron chi connectivity index (χ0n) is 9.93. The van der Waals surface area contributed by atoms with Crippen LogP contribution in [-0.2, 0) is 4.74 Å². The number of nitrogen functional groups attached to an aromatic ring is 1. The van der Waals surface area contributed by atoms with Crippen molar-refractivity contribution in [1.82, 2.24) is 19.3 Å². The van der Waals surface area contributed by atoms with Gasteiger partial charge in [-0.15, -0.1) is 4.73 Å². The predicted octanol–water partition coefficient (Wildman–Crippen LogP) is -0.918. The zero-order valence-corrected chi connectivity index (χ0v) is 9.93. The lowest BCUT2D eigenvalue weighted by Gasteiger charge is -2.15. The Kier molecular flexibility index (Phi) is 2.64. The van der Waals surface area contributed by atoms with E-state index in [1.54, 1.807) is 0 Å². The van der Waals surface area contributed by atoms with E-state index in [1.165, 1.54) is 10.9 Å². The zero-order chi connectivity index (χ0) is 13.6. The monoisotopic (exact) mass is 267 g/mol. The van der Waals surface area contributed by atoms with E-state index < -0.39 is 11.8 Å². The van der Waals surface area contributed by atoms with Gasteiger partial charge in [-0.1, -0.05) is 0 Å². The molecular weight excluding hydrogens is 254 g/mol. The van der Waals surface area contributed by atoms with Crippen molar-refractivity contribution in [2.75, 3.05) is 12.3 Å². The average Bonchev–Trinajstić information content (AvgIpc) is 3.02. The van der Waals surface area contributed by atoms with Gasteiger partial charge in [-0.05, 0) is 12.8 Å². The van der Waals surface area contributed by atoms with E-state index in [4.69, 9.17) is 15.6 Å². The Hall–Kier alpha value is -2.13. The number of fused-ring (bicyclic) bond motifs is 1. The molecule has 2 atom stereocenters. The van der Waals surface area contributed by atoms with Crippen molar-refractivity contribution < 1.29 is 15.1 Å². The van der Waals surface area contributed by atoms with Crippen LogP contribution >= 0.6 is 0 Å². The first-order chi connectivity index (χ1) is 9.11. The number of aliphatic hydroxyl groups excluding tert-OH is 1. The summed E-state index contributed by atoms with van der Waals surface area (Å²) in [5.41, 5.74) is 5.00. The highest BCUT2D eigenvalue weighted by molar-refractivity contribution is 5.71. The molecule has 1 saturated heterocycles. The summed E-state index contributed by atoms with van der Waals surface area (Å²) < 4.78 is 7.71. The molecule has 0 aromatic carbocycles. The summed E-state index contributed by atoms with van der Waals surface area (Å²) in [4.78, 5) is 19.0. The molecule has 0 spiro atoms. The van der Waals surface area contributed by atoms with Crippen molar-refractivity contribution in [3.63, 3.8) is 0 Å². The minimum atomic E-state index is -0.603. The molecule has 1 aliphatic heterocycles. The van der Waals surface area contributed by atoms with Crippen LogP contribution in [0.4, 0.5) is 5.95 Å². The molecule has 1 aliphatic rings. The molecular formula is C10H13N5O4. The van der Waals surface area contributed by atoms with Crippen LogP contribution in [0.5, 0.6) is 0 Å². The predicted molar refractivity (Wildman–Crippen MR) is 63.6 cm³/mol. The Morgan fingerprint density at radius 2 is 2.32 bits per heavy atom. The smallest absolute Gasteiger partial charge is 0.302 e. The highest BCUT2D eigenvalue weighted by Crippen LogP contribution is 2.30. The van der Waals surface area contributed by atoms with E-state index in [9.17, 15) is 10.0 Å². The van der Waals surface area contributed by atoms with Crippen molar-refractivity contribution in [3.8, 4) is 0 Å². The number of imidazole rings is 1. The quantitative estimate of drug-likeness (QED) is 0.600. The lowest BCUT2D eigenvalue weighted by Crippen LogP contribution is -2.20. The first kappa shape index (κ1) is 11.9. The van der Waals surface area contributed by atoms with Gasteiger partial charge in [-0.3, -0.25) is 9.36 Å². The van der Waals surface area contributed by atoms with Gasteiger partial charge < -0.3 is 20.8 Å². The maximum atomic E-state index is 11.6. The second-order valence-corrected chi connectivity index (χ2v) is 4.38. The number of nitrogens with zero attached hydrogens (tertiary/aromatic N) is 4. The molecule has 4 N–H and O–H groups in total. The molecule has 0 unspecified atom stereocenters. The maximum Gasteiger partial charge on any atom is 0.302 e. The molecule has 3 rings (SSSR count). The van der Waals surface area contributed by atoms with Crippen LogP contribution in [-0.4, -0.2) is 42.3 Å². The Bertz CT molecular complexity index is 678. The first-order valence-corrected chi connectivity index (χ1v) is 5.82.